The number of hydrogen-bond donors (Lipinski definition) is 4. The number of nitrogens with one attached hydrogen (secondary N) is 2. The van der Waals surface area contributed by atoms with Gasteiger partial charge in [-0.3, -0.25) is 20.5 Å². The number of amides is 1. The molecule has 0 fully saturated rings. The van der Waals surface area contributed by atoms with E-state index in [9.17, 15) is 9.59 Å². The molecule has 8 heteroatoms. The molecule has 1 amide bonds. The van der Waals surface area contributed by atoms with Gasteiger partial charge >= 0.3 is 5.97 Å². The molecule has 0 aromatic rings. The van der Waals surface area contributed by atoms with Crippen LogP contribution in [0.1, 0.15) is 39.0 Å². The highest BCUT2D eigenvalue weighted by atomic mass is 16.5. The van der Waals surface area contributed by atoms with E-state index in [2.05, 4.69) is 10.3 Å². The Morgan fingerprint density at radius 2 is 2.14 bits per heavy atom. The minimum Gasteiger partial charge on any atom is -0.464 e. The quantitative estimate of drug-likeness (QED) is 0.132. The van der Waals surface area contributed by atoms with E-state index in [4.69, 9.17) is 15.7 Å². The van der Waals surface area contributed by atoms with E-state index in [1.165, 1.54) is 6.34 Å². The number of unbranched alkanes of at least 4 members (excludes halogenated alkanes) is 1. The van der Waals surface area contributed by atoms with E-state index in [1.54, 1.807) is 6.92 Å². The summed E-state index contributed by atoms with van der Waals surface area (Å²) in [5.41, 5.74) is 7.16. The van der Waals surface area contributed by atoms with Gasteiger partial charge in [-0.05, 0) is 39.2 Å². The maximum atomic E-state index is 11.8. The standard InChI is InChI=1S/C13H26N4O4/c1-2-21-13(19)11(17-12(18)7-5-8-14)6-3-4-9-15-10-16-20/h10-11,20H,2-9,14H2,1H3,(H,15,16)(H,17,18)/t11-/m0/s1. The van der Waals surface area contributed by atoms with Crippen LogP contribution in [-0.4, -0.2) is 49.2 Å². The monoisotopic (exact) mass is 302 g/mol. The van der Waals surface area contributed by atoms with Crippen molar-refractivity contribution >= 4 is 18.2 Å². The molecule has 0 aromatic heterocycles. The first kappa shape index (κ1) is 19.3. The highest BCUT2D eigenvalue weighted by molar-refractivity contribution is 5.84. The van der Waals surface area contributed by atoms with Gasteiger partial charge in [0, 0.05) is 13.0 Å². The van der Waals surface area contributed by atoms with Gasteiger partial charge < -0.3 is 15.8 Å². The van der Waals surface area contributed by atoms with Crippen molar-refractivity contribution in [2.24, 2.45) is 10.7 Å². The molecule has 5 N–H and O–H groups in total. The second-order valence-electron chi connectivity index (χ2n) is 4.42. The molecule has 0 aliphatic carbocycles. The Morgan fingerprint density at radius 3 is 2.76 bits per heavy atom. The summed E-state index contributed by atoms with van der Waals surface area (Å²) >= 11 is 0. The molecule has 0 aliphatic rings. The molecule has 0 unspecified atom stereocenters. The van der Waals surface area contributed by atoms with Gasteiger partial charge in [-0.2, -0.15) is 0 Å². The maximum absolute atomic E-state index is 11.8. The van der Waals surface area contributed by atoms with Crippen LogP contribution >= 0.6 is 0 Å². The van der Waals surface area contributed by atoms with Crippen LogP contribution in [0.15, 0.2) is 4.99 Å². The second-order valence-corrected chi connectivity index (χ2v) is 4.42. The van der Waals surface area contributed by atoms with E-state index in [0.29, 0.717) is 38.8 Å². The average Bonchev–Trinajstić information content (AvgIpc) is 2.47. The lowest BCUT2D eigenvalue weighted by Crippen LogP contribution is -2.42. The van der Waals surface area contributed by atoms with Gasteiger partial charge in [-0.1, -0.05) is 0 Å². The smallest absolute Gasteiger partial charge is 0.328 e. The lowest BCUT2D eigenvalue weighted by atomic mass is 10.1. The molecular formula is C13H26N4O4. The Labute approximate surface area is 125 Å². The van der Waals surface area contributed by atoms with Gasteiger partial charge in [-0.25, -0.2) is 4.79 Å². The van der Waals surface area contributed by atoms with Crippen LogP contribution in [0.4, 0.5) is 0 Å². The van der Waals surface area contributed by atoms with Crippen molar-refractivity contribution in [3.8, 4) is 0 Å². The number of nitrogens with two attached hydrogens (primary N) is 1. The fourth-order valence-electron chi connectivity index (χ4n) is 1.68. The zero-order valence-electron chi connectivity index (χ0n) is 12.5. The number of carbonyl (C=O) groups excluding carboxylic acids is 2. The van der Waals surface area contributed by atoms with Crippen LogP contribution in [0.2, 0.25) is 0 Å². The SMILES string of the molecule is CCOC(=O)[C@H](CCCCN=CNO)NC(=O)CCCN. The van der Waals surface area contributed by atoms with Crippen molar-refractivity contribution in [2.45, 2.75) is 45.1 Å². The summed E-state index contributed by atoms with van der Waals surface area (Å²) in [5, 5.41) is 11.0. The maximum Gasteiger partial charge on any atom is 0.328 e. The summed E-state index contributed by atoms with van der Waals surface area (Å²) in [7, 11) is 0. The summed E-state index contributed by atoms with van der Waals surface area (Å²) in [6.45, 7) is 2.97. The van der Waals surface area contributed by atoms with Crippen LogP contribution in [0.25, 0.3) is 0 Å². The van der Waals surface area contributed by atoms with Crippen LogP contribution in [-0.2, 0) is 14.3 Å². The number of carbonyl (C=O) groups is 2. The molecule has 0 heterocycles. The number of nitrogens with zero attached hydrogens (tertiary/aromatic N) is 1. The van der Waals surface area contributed by atoms with Crippen LogP contribution in [0.3, 0.4) is 0 Å². The van der Waals surface area contributed by atoms with Crippen molar-refractivity contribution in [2.75, 3.05) is 19.7 Å². The van der Waals surface area contributed by atoms with Gasteiger partial charge in [0.2, 0.25) is 5.91 Å². The van der Waals surface area contributed by atoms with E-state index in [0.717, 1.165) is 6.42 Å². The highest BCUT2D eigenvalue weighted by Crippen LogP contribution is 2.04. The zero-order valence-corrected chi connectivity index (χ0v) is 12.5. The van der Waals surface area contributed by atoms with Gasteiger partial charge in [0.1, 0.15) is 12.4 Å². The molecule has 122 valence electrons. The Balaban J connectivity index is 4.17. The largest absolute Gasteiger partial charge is 0.464 e. The predicted molar refractivity (Wildman–Crippen MR) is 79.0 cm³/mol. The lowest BCUT2D eigenvalue weighted by molar-refractivity contribution is -0.147. The molecule has 1 atom stereocenters. The minimum absolute atomic E-state index is 0.194. The van der Waals surface area contributed by atoms with E-state index >= 15 is 0 Å². The fourth-order valence-corrected chi connectivity index (χ4v) is 1.68. The molecule has 0 aliphatic heterocycles. The topological polar surface area (TPSA) is 126 Å². The van der Waals surface area contributed by atoms with E-state index in [-0.39, 0.29) is 12.5 Å². The highest BCUT2D eigenvalue weighted by Gasteiger charge is 2.21. The summed E-state index contributed by atoms with van der Waals surface area (Å²) in [5.74, 6) is -0.611. The van der Waals surface area contributed by atoms with E-state index in [1.807, 2.05) is 5.48 Å². The van der Waals surface area contributed by atoms with Gasteiger partial charge in [-0.15, -0.1) is 0 Å². The predicted octanol–water partition coefficient (Wildman–Crippen LogP) is -0.0494. The molecule has 0 radical (unpaired) electrons. The van der Waals surface area contributed by atoms with Crippen LogP contribution in [0, 0.1) is 0 Å². The number of ether oxygens (including phenoxy) is 1. The number of aliphatic imine (C=N–C) groups is 1. The lowest BCUT2D eigenvalue weighted by Gasteiger charge is -2.17. The Hall–Kier alpha value is -1.67. The van der Waals surface area contributed by atoms with Crippen LogP contribution < -0.4 is 16.5 Å². The van der Waals surface area contributed by atoms with Gasteiger partial charge in [0.15, 0.2) is 0 Å². The Morgan fingerprint density at radius 1 is 1.38 bits per heavy atom. The molecular weight excluding hydrogens is 276 g/mol. The van der Waals surface area contributed by atoms with Crippen molar-refractivity contribution < 1.29 is 19.5 Å². The molecule has 0 saturated carbocycles. The first-order valence-electron chi connectivity index (χ1n) is 7.19. The number of rotatable bonds is 12. The molecule has 0 spiro atoms. The zero-order chi connectivity index (χ0) is 15.9. The number of hydroxylamine groups is 1. The van der Waals surface area contributed by atoms with Crippen molar-refractivity contribution in [1.82, 2.24) is 10.8 Å². The Bertz CT molecular complexity index is 323. The van der Waals surface area contributed by atoms with Crippen molar-refractivity contribution in [3.05, 3.63) is 0 Å². The third kappa shape index (κ3) is 10.7. The number of hydrogen-bond acceptors (Lipinski definition) is 6. The minimum atomic E-state index is -0.629. The van der Waals surface area contributed by atoms with Crippen molar-refractivity contribution in [1.29, 1.82) is 0 Å². The average molecular weight is 302 g/mol. The molecule has 0 bridgehead atoms. The van der Waals surface area contributed by atoms with Gasteiger partial charge in [0.05, 0.1) is 6.61 Å². The number of esters is 1. The summed E-state index contributed by atoms with van der Waals surface area (Å²) in [6.07, 6.45) is 4.03. The van der Waals surface area contributed by atoms with Crippen LogP contribution in [0.5, 0.6) is 0 Å². The molecule has 0 saturated heterocycles. The normalized spacial score (nSPS) is 12.1. The second kappa shape index (κ2) is 13.3. The summed E-state index contributed by atoms with van der Waals surface area (Å²) in [6, 6.07) is -0.629. The Kier molecular flexibility index (Phi) is 12.3. The third-order valence-electron chi connectivity index (χ3n) is 2.69. The molecule has 0 rings (SSSR count). The van der Waals surface area contributed by atoms with Gasteiger partial charge in [0.25, 0.3) is 0 Å². The summed E-state index contributed by atoms with van der Waals surface area (Å²) < 4.78 is 4.95. The molecule has 8 nitrogen and oxygen atoms in total. The first-order chi connectivity index (χ1) is 10.2. The molecule has 21 heavy (non-hydrogen) atoms. The van der Waals surface area contributed by atoms with E-state index < -0.39 is 12.0 Å². The first-order valence-corrected chi connectivity index (χ1v) is 7.19. The fraction of sp³-hybridized carbons (Fsp3) is 0.769. The molecule has 0 aromatic carbocycles. The summed E-state index contributed by atoms with van der Waals surface area (Å²) in [4.78, 5) is 27.3. The third-order valence-corrected chi connectivity index (χ3v) is 2.69. The van der Waals surface area contributed by atoms with Crippen molar-refractivity contribution in [3.63, 3.8) is 0 Å².